The minimum Gasteiger partial charge on any atom is -0.481 e. The maximum absolute atomic E-state index is 11.5. The van der Waals surface area contributed by atoms with E-state index in [0.717, 1.165) is 5.56 Å². The number of hydrogen-bond acceptors (Lipinski definition) is 2. The molecule has 0 aliphatic rings. The molecule has 0 heterocycles. The maximum Gasteiger partial charge on any atom is 0.315 e. The fraction of sp³-hybridized carbons (Fsp3) is 0.385. The van der Waals surface area contributed by atoms with Gasteiger partial charge in [-0.15, -0.1) is 0 Å². The standard InChI is InChI=1S/C13H16ClNO3/c1-8(15-12(16)9(2)13(17)18)7-10-5-3-4-6-11(10)14/h3-6,8-9H,7H2,1-2H3,(H,15,16)(H,17,18). The van der Waals surface area contributed by atoms with E-state index in [1.54, 1.807) is 6.07 Å². The summed E-state index contributed by atoms with van der Waals surface area (Å²) in [5.41, 5.74) is 0.926. The van der Waals surface area contributed by atoms with Crippen LogP contribution in [0.2, 0.25) is 5.02 Å². The van der Waals surface area contributed by atoms with Gasteiger partial charge in [-0.25, -0.2) is 0 Å². The highest BCUT2D eigenvalue weighted by Crippen LogP contribution is 2.16. The smallest absolute Gasteiger partial charge is 0.315 e. The van der Waals surface area contributed by atoms with Gasteiger partial charge in [-0.1, -0.05) is 29.8 Å². The van der Waals surface area contributed by atoms with E-state index < -0.39 is 17.8 Å². The van der Waals surface area contributed by atoms with E-state index in [2.05, 4.69) is 5.32 Å². The van der Waals surface area contributed by atoms with E-state index in [4.69, 9.17) is 16.7 Å². The first-order valence-electron chi connectivity index (χ1n) is 5.68. The summed E-state index contributed by atoms with van der Waals surface area (Å²) in [6.07, 6.45) is 0.567. The van der Waals surface area contributed by atoms with Gasteiger partial charge in [-0.3, -0.25) is 9.59 Å². The molecule has 1 aromatic rings. The van der Waals surface area contributed by atoms with Crippen molar-refractivity contribution in [1.82, 2.24) is 5.32 Å². The van der Waals surface area contributed by atoms with Crippen LogP contribution in [0.25, 0.3) is 0 Å². The topological polar surface area (TPSA) is 66.4 Å². The van der Waals surface area contributed by atoms with Gasteiger partial charge in [-0.05, 0) is 31.9 Å². The molecule has 0 saturated heterocycles. The van der Waals surface area contributed by atoms with Crippen molar-refractivity contribution in [2.75, 3.05) is 0 Å². The van der Waals surface area contributed by atoms with Gasteiger partial charge in [0.1, 0.15) is 5.92 Å². The third kappa shape index (κ3) is 4.04. The summed E-state index contributed by atoms with van der Waals surface area (Å²) in [6, 6.07) is 7.20. The van der Waals surface area contributed by atoms with Gasteiger partial charge in [0.15, 0.2) is 0 Å². The monoisotopic (exact) mass is 269 g/mol. The fourth-order valence-electron chi connectivity index (χ4n) is 1.52. The van der Waals surface area contributed by atoms with E-state index >= 15 is 0 Å². The SMILES string of the molecule is CC(Cc1ccccc1Cl)NC(=O)C(C)C(=O)O. The number of carbonyl (C=O) groups is 2. The molecule has 0 spiro atoms. The second-order valence-electron chi connectivity index (χ2n) is 4.27. The molecular formula is C13H16ClNO3. The van der Waals surface area contributed by atoms with E-state index in [9.17, 15) is 9.59 Å². The van der Waals surface area contributed by atoms with Crippen molar-refractivity contribution < 1.29 is 14.7 Å². The van der Waals surface area contributed by atoms with Crippen molar-refractivity contribution >= 4 is 23.5 Å². The van der Waals surface area contributed by atoms with E-state index in [1.165, 1.54) is 6.92 Å². The number of carboxylic acid groups (broad SMARTS) is 1. The Balaban J connectivity index is 2.57. The predicted octanol–water partition coefficient (Wildman–Crippen LogP) is 2.11. The minimum absolute atomic E-state index is 0.167. The molecule has 0 aromatic heterocycles. The zero-order valence-electron chi connectivity index (χ0n) is 10.3. The van der Waals surface area contributed by atoms with Gasteiger partial charge < -0.3 is 10.4 Å². The Labute approximate surface area is 111 Å². The van der Waals surface area contributed by atoms with Crippen LogP contribution in [0.3, 0.4) is 0 Å². The summed E-state index contributed by atoms with van der Waals surface area (Å²) in [5.74, 6) is -2.65. The van der Waals surface area contributed by atoms with Gasteiger partial charge in [0, 0.05) is 11.1 Å². The summed E-state index contributed by atoms with van der Waals surface area (Å²) in [4.78, 5) is 22.2. The van der Waals surface area contributed by atoms with Gasteiger partial charge >= 0.3 is 5.97 Å². The maximum atomic E-state index is 11.5. The third-order valence-electron chi connectivity index (χ3n) is 2.64. The molecular weight excluding hydrogens is 254 g/mol. The van der Waals surface area contributed by atoms with Crippen molar-refractivity contribution in [3.63, 3.8) is 0 Å². The van der Waals surface area contributed by atoms with Crippen LogP contribution < -0.4 is 5.32 Å². The molecule has 4 nitrogen and oxygen atoms in total. The molecule has 0 radical (unpaired) electrons. The third-order valence-corrected chi connectivity index (χ3v) is 3.01. The molecule has 1 aromatic carbocycles. The van der Waals surface area contributed by atoms with Crippen LogP contribution in [0.5, 0.6) is 0 Å². The molecule has 18 heavy (non-hydrogen) atoms. The van der Waals surface area contributed by atoms with Crippen LogP contribution in [0.15, 0.2) is 24.3 Å². The van der Waals surface area contributed by atoms with Crippen LogP contribution in [0.4, 0.5) is 0 Å². The van der Waals surface area contributed by atoms with Crippen LogP contribution in [0, 0.1) is 5.92 Å². The van der Waals surface area contributed by atoms with Crippen molar-refractivity contribution in [2.24, 2.45) is 5.92 Å². The molecule has 1 rings (SSSR count). The number of amides is 1. The molecule has 5 heteroatoms. The van der Waals surface area contributed by atoms with Crippen LogP contribution in [-0.2, 0) is 16.0 Å². The van der Waals surface area contributed by atoms with Crippen molar-refractivity contribution in [2.45, 2.75) is 26.3 Å². The second-order valence-corrected chi connectivity index (χ2v) is 4.67. The number of rotatable bonds is 5. The lowest BCUT2D eigenvalue weighted by Crippen LogP contribution is -2.40. The lowest BCUT2D eigenvalue weighted by Gasteiger charge is -2.16. The Morgan fingerprint density at radius 1 is 1.33 bits per heavy atom. The quantitative estimate of drug-likeness (QED) is 0.805. The number of nitrogens with one attached hydrogen (secondary N) is 1. The molecule has 0 aliphatic heterocycles. The highest BCUT2D eigenvalue weighted by Gasteiger charge is 2.21. The molecule has 0 bridgehead atoms. The van der Waals surface area contributed by atoms with Crippen molar-refractivity contribution in [1.29, 1.82) is 0 Å². The van der Waals surface area contributed by atoms with Gasteiger partial charge in [0.05, 0.1) is 0 Å². The van der Waals surface area contributed by atoms with Crippen LogP contribution >= 0.6 is 11.6 Å². The summed E-state index contributed by atoms with van der Waals surface area (Å²) < 4.78 is 0. The number of carboxylic acids is 1. The molecule has 0 saturated carbocycles. The Bertz CT molecular complexity index is 448. The van der Waals surface area contributed by atoms with Crippen LogP contribution in [0.1, 0.15) is 19.4 Å². The van der Waals surface area contributed by atoms with E-state index in [-0.39, 0.29) is 6.04 Å². The summed E-state index contributed by atoms with van der Waals surface area (Å²) in [7, 11) is 0. The predicted molar refractivity (Wildman–Crippen MR) is 69.6 cm³/mol. The lowest BCUT2D eigenvalue weighted by atomic mass is 10.1. The molecule has 2 atom stereocenters. The zero-order valence-corrected chi connectivity index (χ0v) is 11.1. The molecule has 0 fully saturated rings. The normalized spacial score (nSPS) is 13.7. The zero-order chi connectivity index (χ0) is 13.7. The Hall–Kier alpha value is -1.55. The number of halogens is 1. The average Bonchev–Trinajstić information content (AvgIpc) is 2.30. The van der Waals surface area contributed by atoms with Gasteiger partial charge in [0.25, 0.3) is 0 Å². The number of carbonyl (C=O) groups excluding carboxylic acids is 1. The van der Waals surface area contributed by atoms with E-state index in [0.29, 0.717) is 11.4 Å². The van der Waals surface area contributed by atoms with Crippen molar-refractivity contribution in [3.05, 3.63) is 34.9 Å². The number of hydrogen-bond donors (Lipinski definition) is 2. The minimum atomic E-state index is -1.13. The van der Waals surface area contributed by atoms with Crippen molar-refractivity contribution in [3.8, 4) is 0 Å². The highest BCUT2D eigenvalue weighted by molar-refractivity contribution is 6.31. The fourth-order valence-corrected chi connectivity index (χ4v) is 1.74. The molecule has 98 valence electrons. The Kier molecular flexibility index (Phi) is 5.16. The lowest BCUT2D eigenvalue weighted by molar-refractivity contribution is -0.146. The molecule has 0 aliphatic carbocycles. The Morgan fingerprint density at radius 3 is 2.50 bits per heavy atom. The number of aliphatic carboxylic acids is 1. The van der Waals surface area contributed by atoms with Gasteiger partial charge in [0.2, 0.25) is 5.91 Å². The first-order valence-corrected chi connectivity index (χ1v) is 6.06. The second kappa shape index (κ2) is 6.40. The summed E-state index contributed by atoms with van der Waals surface area (Å²) >= 11 is 6.01. The summed E-state index contributed by atoms with van der Waals surface area (Å²) in [5, 5.41) is 12.0. The van der Waals surface area contributed by atoms with Gasteiger partial charge in [-0.2, -0.15) is 0 Å². The average molecular weight is 270 g/mol. The van der Waals surface area contributed by atoms with E-state index in [1.807, 2.05) is 25.1 Å². The molecule has 2 unspecified atom stereocenters. The number of benzene rings is 1. The largest absolute Gasteiger partial charge is 0.481 e. The molecule has 2 N–H and O–H groups in total. The first kappa shape index (κ1) is 14.5. The molecule has 1 amide bonds. The Morgan fingerprint density at radius 2 is 1.94 bits per heavy atom. The first-order chi connectivity index (χ1) is 8.41. The highest BCUT2D eigenvalue weighted by atomic mass is 35.5. The summed E-state index contributed by atoms with van der Waals surface area (Å²) in [6.45, 7) is 3.18. The van der Waals surface area contributed by atoms with Crippen LogP contribution in [-0.4, -0.2) is 23.0 Å².